The summed E-state index contributed by atoms with van der Waals surface area (Å²) < 4.78 is 42.4. The minimum absolute atomic E-state index is 0.00274. The third-order valence-corrected chi connectivity index (χ3v) is 6.47. The van der Waals surface area contributed by atoms with Crippen LogP contribution in [0.4, 0.5) is 4.39 Å². The normalized spacial score (nSPS) is 14.0. The fraction of sp³-hybridized carbons (Fsp3) is 0.333. The van der Waals surface area contributed by atoms with Crippen molar-refractivity contribution in [2.45, 2.75) is 30.8 Å². The lowest BCUT2D eigenvalue weighted by Crippen LogP contribution is -2.27. The van der Waals surface area contributed by atoms with E-state index in [4.69, 9.17) is 4.74 Å². The second-order valence-corrected chi connectivity index (χ2v) is 8.99. The van der Waals surface area contributed by atoms with E-state index in [1.165, 1.54) is 12.1 Å². The van der Waals surface area contributed by atoms with Crippen LogP contribution >= 0.6 is 0 Å². The molecule has 2 aromatic carbocycles. The van der Waals surface area contributed by atoms with Crippen molar-refractivity contribution in [3.8, 4) is 0 Å². The highest BCUT2D eigenvalue weighted by Crippen LogP contribution is 2.15. The summed E-state index contributed by atoms with van der Waals surface area (Å²) >= 11 is 0. The van der Waals surface area contributed by atoms with Crippen molar-refractivity contribution in [1.82, 2.24) is 4.90 Å². The number of nitrogens with zero attached hydrogens (tertiary/aromatic N) is 1. The molecule has 0 spiro atoms. The average molecular weight is 419 g/mol. The predicted octanol–water partition coefficient (Wildman–Crippen LogP) is 2.97. The van der Waals surface area contributed by atoms with E-state index in [-0.39, 0.29) is 23.8 Å². The third kappa shape index (κ3) is 5.63. The number of hydrogen-bond donors (Lipinski definition) is 0. The van der Waals surface area contributed by atoms with Gasteiger partial charge in [0.25, 0.3) is 5.91 Å². The van der Waals surface area contributed by atoms with Gasteiger partial charge in [0.15, 0.2) is 9.84 Å². The maximum absolute atomic E-state index is 12.9. The van der Waals surface area contributed by atoms with E-state index >= 15 is 0 Å². The van der Waals surface area contributed by atoms with Crippen molar-refractivity contribution >= 4 is 21.7 Å². The molecule has 0 unspecified atom stereocenters. The summed E-state index contributed by atoms with van der Waals surface area (Å²) in [6.45, 7) is 1.55. The molecule has 0 bridgehead atoms. The Labute approximate surface area is 169 Å². The molecular formula is C21H22FNO5S. The summed E-state index contributed by atoms with van der Waals surface area (Å²) in [7, 11) is -3.69. The number of hydrogen-bond acceptors (Lipinski definition) is 5. The van der Waals surface area contributed by atoms with Crippen LogP contribution in [0.15, 0.2) is 53.4 Å². The van der Waals surface area contributed by atoms with Crippen LogP contribution in [-0.4, -0.2) is 44.0 Å². The van der Waals surface area contributed by atoms with Crippen molar-refractivity contribution in [2.75, 3.05) is 18.8 Å². The third-order valence-electron chi connectivity index (χ3n) is 4.74. The fourth-order valence-corrected chi connectivity index (χ4v) is 4.28. The first-order chi connectivity index (χ1) is 13.8. The van der Waals surface area contributed by atoms with Gasteiger partial charge >= 0.3 is 5.97 Å². The number of carbonyl (C=O) groups excluding carboxylic acids is 2. The molecule has 1 fully saturated rings. The van der Waals surface area contributed by atoms with Gasteiger partial charge in [-0.05, 0) is 54.8 Å². The topological polar surface area (TPSA) is 80.7 Å². The Kier molecular flexibility index (Phi) is 6.64. The van der Waals surface area contributed by atoms with Gasteiger partial charge in [0.05, 0.1) is 17.1 Å². The Balaban J connectivity index is 1.47. The number of rotatable bonds is 7. The van der Waals surface area contributed by atoms with Crippen LogP contribution in [0, 0.1) is 5.82 Å². The van der Waals surface area contributed by atoms with Crippen molar-refractivity contribution in [3.05, 3.63) is 65.5 Å². The number of amides is 1. The minimum Gasteiger partial charge on any atom is -0.461 e. The van der Waals surface area contributed by atoms with E-state index in [1.807, 2.05) is 4.90 Å². The smallest absolute Gasteiger partial charge is 0.307 e. The van der Waals surface area contributed by atoms with E-state index in [0.29, 0.717) is 11.1 Å². The van der Waals surface area contributed by atoms with Gasteiger partial charge in [-0.2, -0.15) is 0 Å². The molecule has 8 heteroatoms. The lowest BCUT2D eigenvalue weighted by molar-refractivity contribution is -0.144. The van der Waals surface area contributed by atoms with Crippen molar-refractivity contribution in [3.63, 3.8) is 0 Å². The quantitative estimate of drug-likeness (QED) is 0.509. The monoisotopic (exact) mass is 419 g/mol. The highest BCUT2D eigenvalue weighted by Gasteiger charge is 2.20. The summed E-state index contributed by atoms with van der Waals surface area (Å²) in [5.74, 6) is -1.60. The first-order valence-corrected chi connectivity index (χ1v) is 11.0. The molecule has 1 heterocycles. The van der Waals surface area contributed by atoms with Gasteiger partial charge in [-0.1, -0.05) is 12.1 Å². The Hall–Kier alpha value is -2.74. The number of sulfone groups is 1. The number of ether oxygens (including phenoxy) is 1. The van der Waals surface area contributed by atoms with E-state index in [9.17, 15) is 22.4 Å². The molecule has 0 atom stereocenters. The molecule has 1 aliphatic rings. The average Bonchev–Trinajstić information content (AvgIpc) is 3.26. The van der Waals surface area contributed by atoms with Crippen molar-refractivity contribution < 1.29 is 27.1 Å². The molecule has 3 rings (SSSR count). The first kappa shape index (κ1) is 21.0. The molecule has 1 aliphatic heterocycles. The largest absolute Gasteiger partial charge is 0.461 e. The summed E-state index contributed by atoms with van der Waals surface area (Å²) in [6, 6.07) is 11.3. The van der Waals surface area contributed by atoms with Gasteiger partial charge in [-0.15, -0.1) is 0 Å². The van der Waals surface area contributed by atoms with E-state index < -0.39 is 27.4 Å². The standard InChI is InChI=1S/C21H22FNO5S/c22-18-7-9-19(10-8-18)29(26,27)14-11-20(24)28-15-16-3-5-17(6-4-16)21(25)23-12-1-2-13-23/h3-10H,1-2,11-15H2. The molecule has 1 saturated heterocycles. The molecule has 29 heavy (non-hydrogen) atoms. The van der Waals surface area contributed by atoms with Gasteiger partial charge in [-0.3, -0.25) is 9.59 Å². The van der Waals surface area contributed by atoms with Gasteiger partial charge < -0.3 is 9.64 Å². The van der Waals surface area contributed by atoms with Crippen LogP contribution < -0.4 is 0 Å². The Morgan fingerprint density at radius 3 is 2.21 bits per heavy atom. The molecule has 6 nitrogen and oxygen atoms in total. The molecule has 154 valence electrons. The maximum Gasteiger partial charge on any atom is 0.307 e. The van der Waals surface area contributed by atoms with Gasteiger partial charge in [0.2, 0.25) is 0 Å². The fourth-order valence-electron chi connectivity index (χ4n) is 3.06. The molecule has 0 aliphatic carbocycles. The predicted molar refractivity (Wildman–Crippen MR) is 104 cm³/mol. The SMILES string of the molecule is O=C(CCS(=O)(=O)c1ccc(F)cc1)OCc1ccc(C(=O)N2CCCC2)cc1. The number of esters is 1. The lowest BCUT2D eigenvalue weighted by Gasteiger charge is -2.15. The molecule has 0 radical (unpaired) electrons. The Morgan fingerprint density at radius 1 is 0.966 bits per heavy atom. The number of likely N-dealkylation sites (tertiary alicyclic amines) is 1. The zero-order valence-electron chi connectivity index (χ0n) is 15.8. The minimum atomic E-state index is -3.69. The van der Waals surface area contributed by atoms with E-state index in [1.54, 1.807) is 24.3 Å². The Morgan fingerprint density at radius 2 is 1.59 bits per heavy atom. The second-order valence-electron chi connectivity index (χ2n) is 6.88. The van der Waals surface area contributed by atoms with Gasteiger partial charge in [0.1, 0.15) is 12.4 Å². The zero-order chi connectivity index (χ0) is 20.9. The second kappa shape index (κ2) is 9.17. The van der Waals surface area contributed by atoms with Crippen LogP contribution in [0.25, 0.3) is 0 Å². The molecule has 0 aromatic heterocycles. The van der Waals surface area contributed by atoms with Crippen LogP contribution in [0.5, 0.6) is 0 Å². The summed E-state index contributed by atoms with van der Waals surface area (Å²) in [6.07, 6.45) is 1.75. The van der Waals surface area contributed by atoms with Crippen LogP contribution in [0.1, 0.15) is 35.2 Å². The number of halogens is 1. The highest BCUT2D eigenvalue weighted by molar-refractivity contribution is 7.91. The van der Waals surface area contributed by atoms with E-state index in [0.717, 1.165) is 38.1 Å². The molecule has 1 amide bonds. The maximum atomic E-state index is 12.9. The molecular weight excluding hydrogens is 397 g/mol. The van der Waals surface area contributed by atoms with E-state index in [2.05, 4.69) is 0 Å². The van der Waals surface area contributed by atoms with Crippen LogP contribution in [0.3, 0.4) is 0 Å². The zero-order valence-corrected chi connectivity index (χ0v) is 16.7. The van der Waals surface area contributed by atoms with Crippen LogP contribution in [0.2, 0.25) is 0 Å². The summed E-state index contributed by atoms with van der Waals surface area (Å²) in [4.78, 5) is 26.0. The highest BCUT2D eigenvalue weighted by atomic mass is 32.2. The molecule has 2 aromatic rings. The van der Waals surface area contributed by atoms with Crippen LogP contribution in [-0.2, 0) is 26.0 Å². The number of benzene rings is 2. The lowest BCUT2D eigenvalue weighted by atomic mass is 10.1. The molecule has 0 N–H and O–H groups in total. The first-order valence-electron chi connectivity index (χ1n) is 9.37. The van der Waals surface area contributed by atoms with Crippen molar-refractivity contribution in [2.24, 2.45) is 0 Å². The summed E-state index contributed by atoms with van der Waals surface area (Å²) in [5.41, 5.74) is 1.30. The number of carbonyl (C=O) groups is 2. The summed E-state index contributed by atoms with van der Waals surface area (Å²) in [5, 5.41) is 0. The van der Waals surface area contributed by atoms with Crippen molar-refractivity contribution in [1.29, 1.82) is 0 Å². The molecule has 0 saturated carbocycles. The van der Waals surface area contributed by atoms with Gasteiger partial charge in [0, 0.05) is 18.7 Å². The Bertz CT molecular complexity index is 965. The van der Waals surface area contributed by atoms with Gasteiger partial charge in [-0.25, -0.2) is 12.8 Å².